The highest BCUT2D eigenvalue weighted by molar-refractivity contribution is 8.18. The fraction of sp³-hybridized carbons (Fsp3) is 0.304. The van der Waals surface area contributed by atoms with Crippen molar-refractivity contribution in [3.05, 3.63) is 64.8 Å². The van der Waals surface area contributed by atoms with E-state index >= 15 is 0 Å². The molecule has 6 heteroatoms. The zero-order valence-corrected chi connectivity index (χ0v) is 17.1. The molecule has 150 valence electrons. The van der Waals surface area contributed by atoms with Gasteiger partial charge in [-0.05, 0) is 61.0 Å². The van der Waals surface area contributed by atoms with E-state index in [2.05, 4.69) is 0 Å². The van der Waals surface area contributed by atoms with E-state index in [0.29, 0.717) is 15.6 Å². The summed E-state index contributed by atoms with van der Waals surface area (Å²) in [6.45, 7) is 0. The minimum atomic E-state index is -0.335. The topological polar surface area (TPSA) is 41.9 Å². The highest BCUT2D eigenvalue weighted by Gasteiger charge is 2.38. The lowest BCUT2D eigenvalue weighted by molar-refractivity contribution is -0.124. The van der Waals surface area contributed by atoms with Gasteiger partial charge in [0.05, 0.1) is 17.7 Å². The Morgan fingerprint density at radius 3 is 2.52 bits per heavy atom. The van der Waals surface area contributed by atoms with Crippen LogP contribution in [0.2, 0.25) is 0 Å². The highest BCUT2D eigenvalue weighted by atomic mass is 32.2. The number of ether oxygens (including phenoxy) is 1. The van der Waals surface area contributed by atoms with E-state index in [1.807, 2.05) is 29.2 Å². The maximum atomic E-state index is 14.1. The minimum absolute atomic E-state index is 0.0857. The average molecular weight is 411 g/mol. The predicted molar refractivity (Wildman–Crippen MR) is 116 cm³/mol. The molecule has 1 amide bonds. The van der Waals surface area contributed by atoms with Crippen LogP contribution in [-0.2, 0) is 4.79 Å². The monoisotopic (exact) mass is 410 g/mol. The van der Waals surface area contributed by atoms with E-state index in [4.69, 9.17) is 9.73 Å². The van der Waals surface area contributed by atoms with Crippen LogP contribution in [0.5, 0.6) is 5.75 Å². The van der Waals surface area contributed by atoms with Crippen molar-refractivity contribution in [1.82, 2.24) is 4.90 Å². The SMILES string of the molecule is COc1ccc(N=C2SC(=Cc3ccccc3F)C(=O)N2C2CCCCC2)cc1. The Bertz CT molecular complexity index is 950. The van der Waals surface area contributed by atoms with Gasteiger partial charge in [-0.15, -0.1) is 0 Å². The Morgan fingerprint density at radius 1 is 1.10 bits per heavy atom. The Hall–Kier alpha value is -2.60. The summed E-state index contributed by atoms with van der Waals surface area (Å²) in [5, 5.41) is 0.662. The number of amides is 1. The van der Waals surface area contributed by atoms with E-state index in [1.54, 1.807) is 31.4 Å². The molecule has 2 aromatic carbocycles. The third-order valence-corrected chi connectivity index (χ3v) is 6.25. The van der Waals surface area contributed by atoms with Crippen molar-refractivity contribution < 1.29 is 13.9 Å². The Kier molecular flexibility index (Phi) is 6.00. The second-order valence-electron chi connectivity index (χ2n) is 7.19. The molecule has 1 saturated carbocycles. The molecule has 0 N–H and O–H groups in total. The molecule has 4 rings (SSSR count). The summed E-state index contributed by atoms with van der Waals surface area (Å²) in [5.41, 5.74) is 1.17. The van der Waals surface area contributed by atoms with Gasteiger partial charge in [-0.2, -0.15) is 0 Å². The number of hydrogen-bond acceptors (Lipinski definition) is 4. The maximum absolute atomic E-state index is 14.1. The Labute approximate surface area is 174 Å². The molecule has 0 spiro atoms. The zero-order valence-electron chi connectivity index (χ0n) is 16.3. The Balaban J connectivity index is 1.69. The number of hydrogen-bond donors (Lipinski definition) is 0. The number of amidine groups is 1. The van der Waals surface area contributed by atoms with Crippen molar-refractivity contribution in [3.8, 4) is 5.75 Å². The minimum Gasteiger partial charge on any atom is -0.497 e. The van der Waals surface area contributed by atoms with Gasteiger partial charge in [0, 0.05) is 11.6 Å². The summed E-state index contributed by atoms with van der Waals surface area (Å²) in [5.74, 6) is 0.337. The van der Waals surface area contributed by atoms with Crippen molar-refractivity contribution in [2.75, 3.05) is 7.11 Å². The van der Waals surface area contributed by atoms with Crippen LogP contribution >= 0.6 is 11.8 Å². The summed E-state index contributed by atoms with van der Waals surface area (Å²) < 4.78 is 19.3. The van der Waals surface area contributed by atoms with Crippen LogP contribution in [0.1, 0.15) is 37.7 Å². The van der Waals surface area contributed by atoms with Gasteiger partial charge in [0.1, 0.15) is 11.6 Å². The number of halogens is 1. The van der Waals surface area contributed by atoms with Crippen molar-refractivity contribution >= 4 is 34.6 Å². The first kappa shape index (κ1) is 19.7. The molecule has 0 aromatic heterocycles. The molecular formula is C23H23FN2O2S. The number of carbonyl (C=O) groups is 1. The summed E-state index contributed by atoms with van der Waals surface area (Å²) in [6.07, 6.45) is 7.01. The number of thioether (sulfide) groups is 1. The molecule has 1 heterocycles. The molecule has 0 radical (unpaired) electrons. The van der Waals surface area contributed by atoms with Crippen LogP contribution in [0.4, 0.5) is 10.1 Å². The fourth-order valence-electron chi connectivity index (χ4n) is 3.73. The van der Waals surface area contributed by atoms with Crippen LogP contribution in [0.15, 0.2) is 58.4 Å². The molecule has 0 atom stereocenters. The molecule has 2 aliphatic rings. The van der Waals surface area contributed by atoms with Crippen LogP contribution in [-0.4, -0.2) is 29.1 Å². The number of methoxy groups -OCH3 is 1. The van der Waals surface area contributed by atoms with Gasteiger partial charge in [0.15, 0.2) is 5.17 Å². The smallest absolute Gasteiger partial charge is 0.267 e. The number of carbonyl (C=O) groups excluding carboxylic acids is 1. The summed E-state index contributed by atoms with van der Waals surface area (Å²) in [7, 11) is 1.62. The molecule has 4 nitrogen and oxygen atoms in total. The second-order valence-corrected chi connectivity index (χ2v) is 8.20. The lowest BCUT2D eigenvalue weighted by Crippen LogP contribution is -2.40. The van der Waals surface area contributed by atoms with Crippen molar-refractivity contribution in [1.29, 1.82) is 0 Å². The summed E-state index contributed by atoms with van der Waals surface area (Å²) in [6, 6.07) is 14.1. The number of rotatable bonds is 4. The van der Waals surface area contributed by atoms with Crippen molar-refractivity contribution in [2.24, 2.45) is 4.99 Å². The van der Waals surface area contributed by atoms with Gasteiger partial charge >= 0.3 is 0 Å². The molecule has 1 aliphatic carbocycles. The van der Waals surface area contributed by atoms with Gasteiger partial charge in [0.25, 0.3) is 5.91 Å². The first-order valence-corrected chi connectivity index (χ1v) is 10.7. The van der Waals surface area contributed by atoms with Crippen molar-refractivity contribution in [2.45, 2.75) is 38.1 Å². The highest BCUT2D eigenvalue weighted by Crippen LogP contribution is 2.38. The lowest BCUT2D eigenvalue weighted by atomic mass is 9.94. The average Bonchev–Trinajstić information content (AvgIpc) is 3.05. The molecule has 2 aromatic rings. The van der Waals surface area contributed by atoms with Crippen LogP contribution in [0.25, 0.3) is 6.08 Å². The summed E-state index contributed by atoms with van der Waals surface area (Å²) >= 11 is 1.32. The van der Waals surface area contributed by atoms with Gasteiger partial charge in [-0.3, -0.25) is 9.69 Å². The lowest BCUT2D eigenvalue weighted by Gasteiger charge is -2.30. The number of nitrogens with zero attached hydrogens (tertiary/aromatic N) is 2. The summed E-state index contributed by atoms with van der Waals surface area (Å²) in [4.78, 5) is 20.3. The molecule has 1 aliphatic heterocycles. The first-order valence-electron chi connectivity index (χ1n) is 9.86. The number of benzene rings is 2. The van der Waals surface area contributed by atoms with Crippen LogP contribution in [0, 0.1) is 5.82 Å². The van der Waals surface area contributed by atoms with Gasteiger partial charge in [0.2, 0.25) is 0 Å². The fourth-order valence-corrected chi connectivity index (χ4v) is 4.78. The van der Waals surface area contributed by atoms with Crippen LogP contribution < -0.4 is 4.74 Å². The molecule has 0 bridgehead atoms. The molecule has 0 unspecified atom stereocenters. The third-order valence-electron chi connectivity index (χ3n) is 5.27. The third kappa shape index (κ3) is 4.37. The Morgan fingerprint density at radius 2 is 1.83 bits per heavy atom. The number of aliphatic imine (C=N–C) groups is 1. The van der Waals surface area contributed by atoms with Crippen molar-refractivity contribution in [3.63, 3.8) is 0 Å². The molecule has 29 heavy (non-hydrogen) atoms. The zero-order chi connectivity index (χ0) is 20.2. The molecule has 1 saturated heterocycles. The van der Waals surface area contributed by atoms with E-state index in [0.717, 1.165) is 37.1 Å². The van der Waals surface area contributed by atoms with Gasteiger partial charge in [-0.25, -0.2) is 9.38 Å². The van der Waals surface area contributed by atoms with E-state index in [9.17, 15) is 9.18 Å². The van der Waals surface area contributed by atoms with Crippen LogP contribution in [0.3, 0.4) is 0 Å². The van der Waals surface area contributed by atoms with E-state index in [-0.39, 0.29) is 17.8 Å². The maximum Gasteiger partial charge on any atom is 0.267 e. The first-order chi connectivity index (χ1) is 14.2. The molecular weight excluding hydrogens is 387 g/mol. The molecule has 2 fully saturated rings. The predicted octanol–water partition coefficient (Wildman–Crippen LogP) is 5.77. The normalized spacial score (nSPS) is 20.6. The standard InChI is InChI=1S/C23H23FN2O2S/c1-28-19-13-11-17(12-14-19)25-23-26(18-8-3-2-4-9-18)22(27)21(29-23)15-16-7-5-6-10-20(16)24/h5-7,10-15,18H,2-4,8-9H2,1H3. The van der Waals surface area contributed by atoms with Gasteiger partial charge < -0.3 is 4.74 Å². The van der Waals surface area contributed by atoms with E-state index in [1.165, 1.54) is 24.2 Å². The largest absolute Gasteiger partial charge is 0.497 e. The quantitative estimate of drug-likeness (QED) is 0.601. The second kappa shape index (κ2) is 8.82. The van der Waals surface area contributed by atoms with E-state index < -0.39 is 0 Å². The van der Waals surface area contributed by atoms with Gasteiger partial charge in [-0.1, -0.05) is 37.5 Å².